The summed E-state index contributed by atoms with van der Waals surface area (Å²) < 4.78 is 36.9. The van der Waals surface area contributed by atoms with Crippen LogP contribution >= 0.6 is 15.9 Å². The van der Waals surface area contributed by atoms with Crippen molar-refractivity contribution < 1.29 is 27.9 Å². The minimum Gasteiger partial charge on any atom is -0.480 e. The number of hydrogen-bond donors (Lipinski definition) is 2. The summed E-state index contributed by atoms with van der Waals surface area (Å²) >= 11 is 3.16. The highest BCUT2D eigenvalue weighted by Gasteiger charge is 2.40. The summed E-state index contributed by atoms with van der Waals surface area (Å²) in [6.07, 6.45) is -5.35. The lowest BCUT2D eigenvalue weighted by Gasteiger charge is -2.15. The Balaban J connectivity index is 2.80. The van der Waals surface area contributed by atoms with Gasteiger partial charge in [0.25, 0.3) is 0 Å². The smallest absolute Gasteiger partial charge is 0.471 e. The first kappa shape index (κ1) is 15.5. The quantitative estimate of drug-likeness (QED) is 0.883. The van der Waals surface area contributed by atoms with Gasteiger partial charge in [-0.1, -0.05) is 28.1 Å². The van der Waals surface area contributed by atoms with Crippen molar-refractivity contribution in [1.82, 2.24) is 5.32 Å². The van der Waals surface area contributed by atoms with Crippen molar-refractivity contribution in [2.45, 2.75) is 18.6 Å². The van der Waals surface area contributed by atoms with Gasteiger partial charge in [0.05, 0.1) is 0 Å². The SMILES string of the molecule is O=C(O)C(Cc1cccc(Br)c1)NC(=O)C(F)(F)F. The van der Waals surface area contributed by atoms with Gasteiger partial charge in [-0.15, -0.1) is 0 Å². The molecule has 0 saturated heterocycles. The Labute approximate surface area is 114 Å². The van der Waals surface area contributed by atoms with Gasteiger partial charge >= 0.3 is 18.1 Å². The van der Waals surface area contributed by atoms with E-state index in [1.54, 1.807) is 24.3 Å². The maximum absolute atomic E-state index is 12.1. The van der Waals surface area contributed by atoms with Crippen LogP contribution in [0, 0.1) is 0 Å². The monoisotopic (exact) mass is 339 g/mol. The number of halogens is 4. The zero-order valence-corrected chi connectivity index (χ0v) is 11.0. The number of carbonyl (C=O) groups is 2. The van der Waals surface area contributed by atoms with E-state index in [0.717, 1.165) is 0 Å². The van der Waals surface area contributed by atoms with E-state index >= 15 is 0 Å². The fraction of sp³-hybridized carbons (Fsp3) is 0.273. The Morgan fingerprint density at radius 3 is 2.47 bits per heavy atom. The molecule has 0 spiro atoms. The van der Waals surface area contributed by atoms with E-state index in [2.05, 4.69) is 15.9 Å². The van der Waals surface area contributed by atoms with Gasteiger partial charge in [0.1, 0.15) is 6.04 Å². The maximum atomic E-state index is 12.1. The molecule has 1 aromatic rings. The molecule has 1 rings (SSSR count). The Kier molecular flexibility index (Phi) is 4.93. The highest BCUT2D eigenvalue weighted by molar-refractivity contribution is 9.10. The second kappa shape index (κ2) is 6.05. The topological polar surface area (TPSA) is 66.4 Å². The first-order chi connectivity index (χ1) is 8.70. The fourth-order valence-electron chi connectivity index (χ4n) is 1.34. The summed E-state index contributed by atoms with van der Waals surface area (Å²) in [4.78, 5) is 21.6. The number of carboxylic acids is 1. The highest BCUT2D eigenvalue weighted by Crippen LogP contribution is 2.16. The van der Waals surface area contributed by atoms with E-state index in [1.807, 2.05) is 0 Å². The molecule has 104 valence electrons. The van der Waals surface area contributed by atoms with Crippen LogP contribution in [0.15, 0.2) is 28.7 Å². The van der Waals surface area contributed by atoms with E-state index in [9.17, 15) is 22.8 Å². The normalized spacial score (nSPS) is 12.8. The number of alkyl halides is 3. The van der Waals surface area contributed by atoms with Crippen LogP contribution in [-0.2, 0) is 16.0 Å². The predicted molar refractivity (Wildman–Crippen MR) is 63.5 cm³/mol. The molecule has 0 radical (unpaired) electrons. The van der Waals surface area contributed by atoms with Crippen LogP contribution in [0.1, 0.15) is 5.56 Å². The number of rotatable bonds is 4. The van der Waals surface area contributed by atoms with Crippen molar-refractivity contribution in [1.29, 1.82) is 0 Å². The Morgan fingerprint density at radius 1 is 1.37 bits per heavy atom. The summed E-state index contributed by atoms with van der Waals surface area (Å²) in [7, 11) is 0. The van der Waals surface area contributed by atoms with Gasteiger partial charge in [-0.05, 0) is 17.7 Å². The summed E-state index contributed by atoms with van der Waals surface area (Å²) in [6, 6.07) is 4.79. The molecule has 0 aliphatic rings. The molecule has 0 aliphatic carbocycles. The van der Waals surface area contributed by atoms with Gasteiger partial charge in [-0.2, -0.15) is 13.2 Å². The predicted octanol–water partition coefficient (Wildman–Crippen LogP) is 2.12. The first-order valence-corrected chi connectivity index (χ1v) is 5.84. The number of carbonyl (C=O) groups excluding carboxylic acids is 1. The van der Waals surface area contributed by atoms with Crippen LogP contribution in [0.25, 0.3) is 0 Å². The van der Waals surface area contributed by atoms with Crippen molar-refractivity contribution in [2.75, 3.05) is 0 Å². The highest BCUT2D eigenvalue weighted by atomic mass is 79.9. The fourth-order valence-corrected chi connectivity index (χ4v) is 1.79. The van der Waals surface area contributed by atoms with Crippen LogP contribution in [-0.4, -0.2) is 29.2 Å². The molecule has 1 aromatic carbocycles. The second-order valence-corrected chi connectivity index (χ2v) is 4.61. The van der Waals surface area contributed by atoms with Crippen LogP contribution < -0.4 is 5.32 Å². The Bertz CT molecular complexity index is 490. The van der Waals surface area contributed by atoms with Crippen molar-refractivity contribution in [3.63, 3.8) is 0 Å². The molecular weight excluding hydrogens is 331 g/mol. The lowest BCUT2D eigenvalue weighted by molar-refractivity contribution is -0.175. The third-order valence-corrected chi connectivity index (χ3v) is 2.68. The van der Waals surface area contributed by atoms with Gasteiger partial charge in [-0.3, -0.25) is 4.79 Å². The third kappa shape index (κ3) is 4.90. The van der Waals surface area contributed by atoms with Crippen molar-refractivity contribution in [3.8, 4) is 0 Å². The number of hydrogen-bond acceptors (Lipinski definition) is 2. The van der Waals surface area contributed by atoms with E-state index in [-0.39, 0.29) is 6.42 Å². The van der Waals surface area contributed by atoms with Crippen molar-refractivity contribution in [3.05, 3.63) is 34.3 Å². The number of benzene rings is 1. The number of aliphatic carboxylic acids is 1. The molecular formula is C11H9BrF3NO3. The molecule has 1 amide bonds. The van der Waals surface area contributed by atoms with Crippen LogP contribution in [0.3, 0.4) is 0 Å². The van der Waals surface area contributed by atoms with Crippen molar-refractivity contribution >= 4 is 27.8 Å². The molecule has 19 heavy (non-hydrogen) atoms. The third-order valence-electron chi connectivity index (χ3n) is 2.19. The summed E-state index contributed by atoms with van der Waals surface area (Å²) in [5.74, 6) is -3.80. The van der Waals surface area contributed by atoms with E-state index in [4.69, 9.17) is 5.11 Å². The summed E-state index contributed by atoms with van der Waals surface area (Å²) in [5.41, 5.74) is 0.490. The van der Waals surface area contributed by atoms with E-state index < -0.39 is 24.1 Å². The molecule has 1 atom stereocenters. The zero-order valence-electron chi connectivity index (χ0n) is 9.37. The maximum Gasteiger partial charge on any atom is 0.471 e. The van der Waals surface area contributed by atoms with Crippen LogP contribution in [0.4, 0.5) is 13.2 Å². The molecule has 0 heterocycles. The molecule has 1 unspecified atom stereocenters. The van der Waals surface area contributed by atoms with Gasteiger partial charge in [0.2, 0.25) is 0 Å². The van der Waals surface area contributed by atoms with Crippen LogP contribution in [0.5, 0.6) is 0 Å². The van der Waals surface area contributed by atoms with Crippen molar-refractivity contribution in [2.24, 2.45) is 0 Å². The average Bonchev–Trinajstić information content (AvgIpc) is 2.26. The minimum atomic E-state index is -5.11. The zero-order chi connectivity index (χ0) is 14.6. The molecule has 0 saturated carbocycles. The standard InChI is InChI=1S/C11H9BrF3NO3/c12-7-3-1-2-6(4-7)5-8(9(17)18)16-10(19)11(13,14)15/h1-4,8H,5H2,(H,16,19)(H,17,18). The molecule has 2 N–H and O–H groups in total. The van der Waals surface area contributed by atoms with Gasteiger partial charge in [0, 0.05) is 10.9 Å². The molecule has 4 nitrogen and oxygen atoms in total. The Hall–Kier alpha value is -1.57. The number of nitrogens with one attached hydrogen (secondary N) is 1. The summed E-state index contributed by atoms with van der Waals surface area (Å²) in [6.45, 7) is 0. The molecule has 0 aromatic heterocycles. The molecule has 0 fully saturated rings. The number of carboxylic acid groups (broad SMARTS) is 1. The minimum absolute atomic E-state index is 0.239. The summed E-state index contributed by atoms with van der Waals surface area (Å²) in [5, 5.41) is 10.3. The second-order valence-electron chi connectivity index (χ2n) is 3.70. The lowest BCUT2D eigenvalue weighted by Crippen LogP contribution is -2.47. The lowest BCUT2D eigenvalue weighted by atomic mass is 10.1. The average molecular weight is 340 g/mol. The largest absolute Gasteiger partial charge is 0.480 e. The molecule has 0 bridgehead atoms. The molecule has 0 aliphatic heterocycles. The first-order valence-electron chi connectivity index (χ1n) is 5.05. The number of amides is 1. The van der Waals surface area contributed by atoms with Gasteiger partial charge in [-0.25, -0.2) is 4.79 Å². The van der Waals surface area contributed by atoms with Gasteiger partial charge in [0.15, 0.2) is 0 Å². The van der Waals surface area contributed by atoms with Gasteiger partial charge < -0.3 is 10.4 Å². The van der Waals surface area contributed by atoms with E-state index in [0.29, 0.717) is 10.0 Å². The van der Waals surface area contributed by atoms with E-state index in [1.165, 1.54) is 5.32 Å². The van der Waals surface area contributed by atoms with Crippen LogP contribution in [0.2, 0.25) is 0 Å². The Morgan fingerprint density at radius 2 is 2.00 bits per heavy atom. The molecule has 8 heteroatoms.